The zero-order valence-electron chi connectivity index (χ0n) is 13.3. The molecule has 0 saturated heterocycles. The largest absolute Gasteiger partial charge is 0.475 e. The minimum absolute atomic E-state index is 0.167. The van der Waals surface area contributed by atoms with E-state index in [1.807, 2.05) is 36.4 Å². The molecule has 1 heterocycles. The van der Waals surface area contributed by atoms with E-state index in [4.69, 9.17) is 27.9 Å². The number of nitrogens with zero attached hydrogens (tertiary/aromatic N) is 1. The summed E-state index contributed by atoms with van der Waals surface area (Å²) in [5, 5.41) is 1.49. The van der Waals surface area contributed by atoms with Crippen molar-refractivity contribution in [3.8, 4) is 0 Å². The predicted molar refractivity (Wildman–Crippen MR) is 96.9 cm³/mol. The van der Waals surface area contributed by atoms with Gasteiger partial charge in [-0.25, -0.2) is 4.99 Å². The molecule has 0 unspecified atom stereocenters. The summed E-state index contributed by atoms with van der Waals surface area (Å²) >= 11 is 12.2. The first kappa shape index (κ1) is 16.4. The van der Waals surface area contributed by atoms with Crippen LogP contribution in [0.3, 0.4) is 0 Å². The molecule has 0 fully saturated rings. The van der Waals surface area contributed by atoms with Gasteiger partial charge in [0.1, 0.15) is 6.61 Å². The Bertz CT molecular complexity index is 753. The molecule has 1 aliphatic heterocycles. The number of benzene rings is 2. The van der Waals surface area contributed by atoms with Crippen LogP contribution in [-0.4, -0.2) is 18.0 Å². The van der Waals surface area contributed by atoms with Crippen LogP contribution in [0.1, 0.15) is 30.5 Å². The molecule has 0 amide bonds. The molecule has 1 aliphatic rings. The molecule has 0 N–H and O–H groups in total. The second kappa shape index (κ2) is 6.54. The minimum atomic E-state index is -0.167. The molecule has 0 radical (unpaired) electrons. The molecule has 0 spiro atoms. The molecule has 120 valence electrons. The molecule has 0 atom stereocenters. The summed E-state index contributed by atoms with van der Waals surface area (Å²) in [6.45, 7) is 4.75. The summed E-state index contributed by atoms with van der Waals surface area (Å²) in [4.78, 5) is 4.68. The van der Waals surface area contributed by atoms with Crippen LogP contribution in [0.25, 0.3) is 0 Å². The van der Waals surface area contributed by atoms with Crippen molar-refractivity contribution in [2.75, 3.05) is 6.61 Å². The normalized spacial score (nSPS) is 16.1. The zero-order valence-corrected chi connectivity index (χ0v) is 14.8. The molecule has 0 aliphatic carbocycles. The van der Waals surface area contributed by atoms with Gasteiger partial charge in [-0.1, -0.05) is 35.3 Å². The van der Waals surface area contributed by atoms with E-state index < -0.39 is 0 Å². The summed E-state index contributed by atoms with van der Waals surface area (Å²) in [6.07, 6.45) is 1.75. The Morgan fingerprint density at radius 3 is 2.52 bits per heavy atom. The highest BCUT2D eigenvalue weighted by Gasteiger charge is 2.28. The van der Waals surface area contributed by atoms with Crippen LogP contribution in [-0.2, 0) is 17.6 Å². The van der Waals surface area contributed by atoms with Crippen LogP contribution < -0.4 is 0 Å². The Balaban J connectivity index is 1.85. The van der Waals surface area contributed by atoms with E-state index in [1.165, 1.54) is 5.56 Å². The van der Waals surface area contributed by atoms with Crippen LogP contribution in [0, 0.1) is 0 Å². The molecule has 2 aromatic rings. The maximum atomic E-state index is 6.18. The van der Waals surface area contributed by atoms with Crippen molar-refractivity contribution >= 4 is 29.1 Å². The van der Waals surface area contributed by atoms with Crippen LogP contribution in [0.2, 0.25) is 10.0 Å². The number of halogens is 2. The van der Waals surface area contributed by atoms with Gasteiger partial charge in [-0.3, -0.25) is 0 Å². The number of aryl methyl sites for hydroxylation is 2. The van der Waals surface area contributed by atoms with Gasteiger partial charge in [0.2, 0.25) is 5.90 Å². The summed E-state index contributed by atoms with van der Waals surface area (Å²) < 4.78 is 5.79. The number of hydrogen-bond donors (Lipinski definition) is 0. The second-order valence-electron chi connectivity index (χ2n) is 6.45. The molecule has 0 bridgehead atoms. The summed E-state index contributed by atoms with van der Waals surface area (Å²) in [5.41, 5.74) is 3.22. The fraction of sp³-hybridized carbons (Fsp3) is 0.316. The molecular weight excluding hydrogens is 329 g/mol. The lowest BCUT2D eigenvalue weighted by atomic mass is 9.99. The van der Waals surface area contributed by atoms with Gasteiger partial charge in [-0.15, -0.1) is 0 Å². The maximum Gasteiger partial charge on any atom is 0.217 e. The monoisotopic (exact) mass is 347 g/mol. The number of hydrogen-bond acceptors (Lipinski definition) is 2. The Kier molecular flexibility index (Phi) is 4.65. The van der Waals surface area contributed by atoms with E-state index in [9.17, 15) is 0 Å². The van der Waals surface area contributed by atoms with Crippen molar-refractivity contribution in [2.24, 2.45) is 4.99 Å². The summed E-state index contributed by atoms with van der Waals surface area (Å²) in [6, 6.07) is 13.8. The van der Waals surface area contributed by atoms with Gasteiger partial charge >= 0.3 is 0 Å². The van der Waals surface area contributed by atoms with E-state index in [2.05, 4.69) is 24.9 Å². The first-order valence-corrected chi connectivity index (χ1v) is 8.44. The highest BCUT2D eigenvalue weighted by atomic mass is 35.5. The van der Waals surface area contributed by atoms with Gasteiger partial charge in [0.15, 0.2) is 0 Å². The fourth-order valence-corrected chi connectivity index (χ4v) is 3.08. The lowest BCUT2D eigenvalue weighted by molar-refractivity contribution is 0.279. The SMILES string of the molecule is CC1(C)COC(c2ccc(Cl)cc2CCc2cccc(Cl)c2)=N1. The molecule has 0 saturated carbocycles. The van der Waals surface area contributed by atoms with Crippen molar-refractivity contribution in [1.29, 1.82) is 0 Å². The van der Waals surface area contributed by atoms with E-state index >= 15 is 0 Å². The highest BCUT2D eigenvalue weighted by Crippen LogP contribution is 2.25. The maximum absolute atomic E-state index is 6.18. The van der Waals surface area contributed by atoms with Crippen molar-refractivity contribution in [1.82, 2.24) is 0 Å². The average molecular weight is 348 g/mol. The zero-order chi connectivity index (χ0) is 16.4. The fourth-order valence-electron chi connectivity index (χ4n) is 2.67. The third-order valence-corrected chi connectivity index (χ3v) is 4.31. The Morgan fingerprint density at radius 1 is 1.04 bits per heavy atom. The standard InChI is InChI=1S/C19H19Cl2NO/c1-19(2)12-23-18(22-19)17-9-8-16(21)11-14(17)7-6-13-4-3-5-15(20)10-13/h3-5,8-11H,6-7,12H2,1-2H3. The second-order valence-corrected chi connectivity index (χ2v) is 7.32. The molecule has 4 heteroatoms. The molecule has 2 aromatic carbocycles. The van der Waals surface area contributed by atoms with Crippen LogP contribution in [0.15, 0.2) is 47.5 Å². The molecule has 3 rings (SSSR count). The predicted octanol–water partition coefficient (Wildman–Crippen LogP) is 5.33. The third kappa shape index (κ3) is 4.07. The van der Waals surface area contributed by atoms with Crippen LogP contribution in [0.4, 0.5) is 0 Å². The number of rotatable bonds is 4. The first-order valence-electron chi connectivity index (χ1n) is 7.69. The minimum Gasteiger partial charge on any atom is -0.475 e. The van der Waals surface area contributed by atoms with E-state index in [1.54, 1.807) is 0 Å². The summed E-state index contributed by atoms with van der Waals surface area (Å²) in [5.74, 6) is 0.716. The van der Waals surface area contributed by atoms with Crippen molar-refractivity contribution < 1.29 is 4.74 Å². The molecule has 2 nitrogen and oxygen atoms in total. The quantitative estimate of drug-likeness (QED) is 0.731. The number of aliphatic imine (C=N–C) groups is 1. The van der Waals surface area contributed by atoms with Crippen molar-refractivity contribution in [3.63, 3.8) is 0 Å². The van der Waals surface area contributed by atoms with E-state index in [0.717, 1.165) is 34.0 Å². The van der Waals surface area contributed by atoms with Gasteiger partial charge in [0.05, 0.1) is 5.54 Å². The Hall–Kier alpha value is -1.51. The lowest BCUT2D eigenvalue weighted by Gasteiger charge is -2.10. The first-order chi connectivity index (χ1) is 10.9. The average Bonchev–Trinajstić information content (AvgIpc) is 2.85. The van der Waals surface area contributed by atoms with Crippen molar-refractivity contribution in [2.45, 2.75) is 32.2 Å². The molecule has 23 heavy (non-hydrogen) atoms. The van der Waals surface area contributed by atoms with E-state index in [0.29, 0.717) is 12.5 Å². The van der Waals surface area contributed by atoms with Gasteiger partial charge in [0.25, 0.3) is 0 Å². The van der Waals surface area contributed by atoms with Crippen LogP contribution >= 0.6 is 23.2 Å². The highest BCUT2D eigenvalue weighted by molar-refractivity contribution is 6.31. The van der Waals surface area contributed by atoms with E-state index in [-0.39, 0.29) is 5.54 Å². The smallest absolute Gasteiger partial charge is 0.217 e. The van der Waals surface area contributed by atoms with Gasteiger partial charge in [0, 0.05) is 15.6 Å². The number of ether oxygens (including phenoxy) is 1. The van der Waals surface area contributed by atoms with Gasteiger partial charge in [-0.05, 0) is 68.1 Å². The van der Waals surface area contributed by atoms with Crippen molar-refractivity contribution in [3.05, 3.63) is 69.2 Å². The van der Waals surface area contributed by atoms with Crippen LogP contribution in [0.5, 0.6) is 0 Å². The Morgan fingerprint density at radius 2 is 1.83 bits per heavy atom. The topological polar surface area (TPSA) is 21.6 Å². The molecule has 0 aromatic heterocycles. The third-order valence-electron chi connectivity index (χ3n) is 3.84. The summed E-state index contributed by atoms with van der Waals surface area (Å²) in [7, 11) is 0. The van der Waals surface area contributed by atoms with Gasteiger partial charge in [-0.2, -0.15) is 0 Å². The lowest BCUT2D eigenvalue weighted by Crippen LogP contribution is -2.17. The molecular formula is C19H19Cl2NO. The Labute approximate surface area is 147 Å². The van der Waals surface area contributed by atoms with Gasteiger partial charge < -0.3 is 4.74 Å².